The molecule has 130 valence electrons. The minimum atomic E-state index is -0.357. The van der Waals surface area contributed by atoms with Crippen LogP contribution in [0.3, 0.4) is 0 Å². The molecule has 0 amide bonds. The zero-order valence-corrected chi connectivity index (χ0v) is 14.5. The van der Waals surface area contributed by atoms with E-state index in [4.69, 9.17) is 4.74 Å². The first-order chi connectivity index (χ1) is 12.7. The summed E-state index contributed by atoms with van der Waals surface area (Å²) in [4.78, 5) is 6.73. The van der Waals surface area contributed by atoms with Crippen LogP contribution in [0, 0.1) is 11.3 Å². The van der Waals surface area contributed by atoms with Crippen molar-refractivity contribution in [2.75, 3.05) is 25.1 Å². The molecule has 1 N–H and O–H groups in total. The van der Waals surface area contributed by atoms with E-state index in [1.807, 2.05) is 48.5 Å². The number of benzene rings is 2. The van der Waals surface area contributed by atoms with Crippen LogP contribution in [0.5, 0.6) is 5.75 Å². The van der Waals surface area contributed by atoms with Gasteiger partial charge in [-0.05, 0) is 35.6 Å². The normalized spacial score (nSPS) is 16.7. The van der Waals surface area contributed by atoms with E-state index in [1.165, 1.54) is 0 Å². The maximum atomic E-state index is 9.92. The van der Waals surface area contributed by atoms with Gasteiger partial charge in [-0.15, -0.1) is 0 Å². The maximum Gasteiger partial charge on any atom is 0.151 e. The lowest BCUT2D eigenvalue weighted by Crippen LogP contribution is -2.23. The highest BCUT2D eigenvalue weighted by molar-refractivity contribution is 6.04. The Morgan fingerprint density at radius 2 is 2.00 bits per heavy atom. The number of β-amino-alcohol motifs (C(OH)–C–C–N with tert-alkyl or cyclic N) is 1. The molecule has 0 bridgehead atoms. The summed E-state index contributed by atoms with van der Waals surface area (Å²) < 4.78 is 5.41. The van der Waals surface area contributed by atoms with E-state index in [0.717, 1.165) is 40.0 Å². The zero-order valence-electron chi connectivity index (χ0n) is 14.5. The summed E-state index contributed by atoms with van der Waals surface area (Å²) in [6.07, 6.45) is 0.353. The van der Waals surface area contributed by atoms with Crippen LogP contribution in [0.1, 0.15) is 12.1 Å². The molecule has 1 aliphatic heterocycles. The van der Waals surface area contributed by atoms with Crippen molar-refractivity contribution < 1.29 is 9.84 Å². The minimum absolute atomic E-state index is 0.357. The first-order valence-electron chi connectivity index (χ1n) is 8.61. The van der Waals surface area contributed by atoms with Gasteiger partial charge in [0.05, 0.1) is 13.2 Å². The van der Waals surface area contributed by atoms with Gasteiger partial charge in [0.15, 0.2) is 5.69 Å². The summed E-state index contributed by atoms with van der Waals surface area (Å²) in [5.41, 5.74) is 2.14. The number of aromatic nitrogens is 1. The summed E-state index contributed by atoms with van der Waals surface area (Å²) in [6.45, 7) is 1.26. The van der Waals surface area contributed by atoms with Crippen molar-refractivity contribution in [2.24, 2.45) is 0 Å². The zero-order chi connectivity index (χ0) is 18.1. The summed E-state index contributed by atoms with van der Waals surface area (Å²) in [6, 6.07) is 17.9. The number of aliphatic hydroxyl groups excluding tert-OH is 1. The monoisotopic (exact) mass is 345 g/mol. The minimum Gasteiger partial charge on any atom is -0.497 e. The van der Waals surface area contributed by atoms with Crippen LogP contribution in [0.15, 0.2) is 48.5 Å². The molecule has 5 heteroatoms. The van der Waals surface area contributed by atoms with Crippen LogP contribution in [0.4, 0.5) is 5.82 Å². The van der Waals surface area contributed by atoms with Gasteiger partial charge < -0.3 is 14.7 Å². The van der Waals surface area contributed by atoms with Crippen molar-refractivity contribution in [1.29, 1.82) is 5.26 Å². The Hall–Kier alpha value is -3.10. The molecule has 4 rings (SSSR count). The highest BCUT2D eigenvalue weighted by Gasteiger charge is 2.25. The standard InChI is InChI=1S/C21H19N3O2/c1-26-16-7-8-17-18(11-16)20(14-5-3-2-4-6-14)19(12-22)23-21(17)24-10-9-15(25)13-24/h2-8,11,15,25H,9-10,13H2,1H3. The van der Waals surface area contributed by atoms with Crippen molar-refractivity contribution in [3.8, 4) is 22.9 Å². The average molecular weight is 345 g/mol. The van der Waals surface area contributed by atoms with E-state index in [2.05, 4.69) is 16.0 Å². The summed E-state index contributed by atoms with van der Waals surface area (Å²) in [5, 5.41) is 21.6. The SMILES string of the molecule is COc1ccc2c(N3CCC(O)C3)nc(C#N)c(-c3ccccc3)c2c1. The lowest BCUT2D eigenvalue weighted by Gasteiger charge is -2.21. The molecular formula is C21H19N3O2. The fraction of sp³-hybridized carbons (Fsp3) is 0.238. The van der Waals surface area contributed by atoms with Crippen LogP contribution in [-0.2, 0) is 0 Å². The van der Waals surface area contributed by atoms with E-state index in [1.54, 1.807) is 7.11 Å². The first-order valence-corrected chi connectivity index (χ1v) is 8.61. The smallest absolute Gasteiger partial charge is 0.151 e. The molecule has 3 aromatic rings. The summed E-state index contributed by atoms with van der Waals surface area (Å²) >= 11 is 0. The molecule has 1 fully saturated rings. The molecule has 1 aliphatic rings. The number of rotatable bonds is 3. The highest BCUT2D eigenvalue weighted by Crippen LogP contribution is 2.38. The molecule has 26 heavy (non-hydrogen) atoms. The number of hydrogen-bond donors (Lipinski definition) is 1. The van der Waals surface area contributed by atoms with E-state index in [0.29, 0.717) is 18.7 Å². The van der Waals surface area contributed by atoms with Crippen LogP contribution in [-0.4, -0.2) is 36.4 Å². The van der Waals surface area contributed by atoms with Crippen LogP contribution in [0.2, 0.25) is 0 Å². The number of anilines is 1. The second kappa shape index (κ2) is 6.66. The fourth-order valence-electron chi connectivity index (χ4n) is 3.55. The van der Waals surface area contributed by atoms with E-state index in [-0.39, 0.29) is 6.10 Å². The van der Waals surface area contributed by atoms with E-state index in [9.17, 15) is 10.4 Å². The summed E-state index contributed by atoms with van der Waals surface area (Å²) in [5.74, 6) is 1.48. The lowest BCUT2D eigenvalue weighted by molar-refractivity contribution is 0.198. The third-order valence-electron chi connectivity index (χ3n) is 4.82. The van der Waals surface area contributed by atoms with Crippen molar-refractivity contribution >= 4 is 16.6 Å². The van der Waals surface area contributed by atoms with E-state index >= 15 is 0 Å². The van der Waals surface area contributed by atoms with Gasteiger partial charge in [0.2, 0.25) is 0 Å². The number of hydrogen-bond acceptors (Lipinski definition) is 5. The third kappa shape index (κ3) is 2.75. The average Bonchev–Trinajstić information content (AvgIpc) is 3.12. The maximum absolute atomic E-state index is 9.92. The van der Waals surface area contributed by atoms with Gasteiger partial charge in [0, 0.05) is 24.0 Å². The molecule has 0 saturated carbocycles. The Bertz CT molecular complexity index is 996. The van der Waals surface area contributed by atoms with Gasteiger partial charge in [-0.2, -0.15) is 5.26 Å². The number of nitrogens with zero attached hydrogens (tertiary/aromatic N) is 3. The second-order valence-corrected chi connectivity index (χ2v) is 6.44. The molecule has 0 spiro atoms. The molecule has 1 saturated heterocycles. The summed E-state index contributed by atoms with van der Waals surface area (Å²) in [7, 11) is 1.63. The number of methoxy groups -OCH3 is 1. The number of ether oxygens (including phenoxy) is 1. The molecule has 1 aromatic heterocycles. The Morgan fingerprint density at radius 1 is 1.19 bits per heavy atom. The van der Waals surface area contributed by atoms with Crippen LogP contribution in [0.25, 0.3) is 21.9 Å². The van der Waals surface area contributed by atoms with Gasteiger partial charge in [0.25, 0.3) is 0 Å². The molecule has 5 nitrogen and oxygen atoms in total. The molecule has 1 unspecified atom stereocenters. The molecular weight excluding hydrogens is 326 g/mol. The van der Waals surface area contributed by atoms with Gasteiger partial charge >= 0.3 is 0 Å². The molecule has 2 heterocycles. The third-order valence-corrected chi connectivity index (χ3v) is 4.82. The number of pyridine rings is 1. The predicted molar refractivity (Wildman–Crippen MR) is 101 cm³/mol. The van der Waals surface area contributed by atoms with Crippen LogP contribution < -0.4 is 9.64 Å². The Labute approximate surface area is 152 Å². The first kappa shape index (κ1) is 16.4. The largest absolute Gasteiger partial charge is 0.497 e. The highest BCUT2D eigenvalue weighted by atomic mass is 16.5. The quantitative estimate of drug-likeness (QED) is 0.788. The molecule has 0 radical (unpaired) electrons. The fourth-order valence-corrected chi connectivity index (χ4v) is 3.55. The lowest BCUT2D eigenvalue weighted by atomic mass is 9.96. The van der Waals surface area contributed by atoms with Crippen molar-refractivity contribution in [3.63, 3.8) is 0 Å². The van der Waals surface area contributed by atoms with Gasteiger partial charge in [-0.3, -0.25) is 0 Å². The van der Waals surface area contributed by atoms with Gasteiger partial charge in [0.1, 0.15) is 17.6 Å². The van der Waals surface area contributed by atoms with Crippen molar-refractivity contribution in [2.45, 2.75) is 12.5 Å². The number of fused-ring (bicyclic) bond motifs is 1. The van der Waals surface area contributed by atoms with Crippen molar-refractivity contribution in [1.82, 2.24) is 4.98 Å². The Kier molecular flexibility index (Phi) is 4.19. The van der Waals surface area contributed by atoms with Crippen molar-refractivity contribution in [3.05, 3.63) is 54.2 Å². The topological polar surface area (TPSA) is 69.4 Å². The Morgan fingerprint density at radius 3 is 2.65 bits per heavy atom. The molecule has 1 atom stereocenters. The Balaban J connectivity index is 2.03. The number of aliphatic hydroxyl groups is 1. The molecule has 0 aliphatic carbocycles. The predicted octanol–water partition coefficient (Wildman–Crippen LogP) is 3.35. The van der Waals surface area contributed by atoms with E-state index < -0.39 is 0 Å². The van der Waals surface area contributed by atoms with Gasteiger partial charge in [-0.1, -0.05) is 30.3 Å². The molecule has 2 aromatic carbocycles. The van der Waals surface area contributed by atoms with Gasteiger partial charge in [-0.25, -0.2) is 4.98 Å². The number of nitriles is 1. The second-order valence-electron chi connectivity index (χ2n) is 6.44. The van der Waals surface area contributed by atoms with Crippen LogP contribution >= 0.6 is 0 Å².